The van der Waals surface area contributed by atoms with Crippen molar-refractivity contribution in [3.63, 3.8) is 0 Å². The van der Waals surface area contributed by atoms with Crippen LogP contribution in [0, 0.1) is 0 Å². The first-order valence-electron chi connectivity index (χ1n) is 5.88. The number of nitrogens with zero attached hydrogens (tertiary/aromatic N) is 5. The molecule has 0 radical (unpaired) electrons. The first kappa shape index (κ1) is 14.3. The van der Waals surface area contributed by atoms with Crippen LogP contribution in [-0.4, -0.2) is 40.5 Å². The number of hydrogen-bond acceptors (Lipinski definition) is 7. The Bertz CT molecular complexity index is 569. The van der Waals surface area contributed by atoms with Crippen LogP contribution in [0.15, 0.2) is 22.2 Å². The van der Waals surface area contributed by atoms with Crippen molar-refractivity contribution in [1.29, 1.82) is 0 Å². The van der Waals surface area contributed by atoms with Crippen LogP contribution in [0.25, 0.3) is 10.4 Å². The molecule has 2 N–H and O–H groups in total. The number of aliphatic hydroxyl groups excluding tert-OH is 1. The molecule has 1 fully saturated rings. The molecule has 20 heavy (non-hydrogen) atoms. The fraction of sp³-hybridized carbons (Fsp3) is 0.600. The summed E-state index contributed by atoms with van der Waals surface area (Å²) in [6, 6.07) is 1.03. The lowest BCUT2D eigenvalue weighted by atomic mass is 10.1. The van der Waals surface area contributed by atoms with Crippen molar-refractivity contribution in [2.24, 2.45) is 5.11 Å². The zero-order valence-corrected chi connectivity index (χ0v) is 10.7. The van der Waals surface area contributed by atoms with Gasteiger partial charge in [-0.3, -0.25) is 9.40 Å². The van der Waals surface area contributed by atoms with Gasteiger partial charge in [0.05, 0.1) is 25.9 Å². The molecular formula is C10H14N6O4. The van der Waals surface area contributed by atoms with Crippen LogP contribution in [-0.2, 0) is 9.57 Å². The maximum atomic E-state index is 11.9. The Balaban J connectivity index is 2.20. The van der Waals surface area contributed by atoms with Crippen molar-refractivity contribution in [1.82, 2.24) is 9.55 Å². The topological polar surface area (TPSA) is 134 Å². The third-order valence-corrected chi connectivity index (χ3v) is 2.93. The summed E-state index contributed by atoms with van der Waals surface area (Å²) in [5.41, 5.74) is 10.4. The quantitative estimate of drug-likeness (QED) is 0.342. The van der Waals surface area contributed by atoms with E-state index in [1.165, 1.54) is 17.9 Å². The maximum Gasteiger partial charge on any atom is 0.351 e. The molecule has 0 unspecified atom stereocenters. The highest BCUT2D eigenvalue weighted by Crippen LogP contribution is 2.29. The third kappa shape index (κ3) is 2.89. The third-order valence-electron chi connectivity index (χ3n) is 2.93. The molecule has 0 spiro atoms. The van der Waals surface area contributed by atoms with Gasteiger partial charge in [-0.2, -0.15) is 4.98 Å². The van der Waals surface area contributed by atoms with E-state index in [-0.39, 0.29) is 12.4 Å². The highest BCUT2D eigenvalue weighted by atomic mass is 16.6. The van der Waals surface area contributed by atoms with Gasteiger partial charge in [0.2, 0.25) is 0 Å². The molecule has 0 bridgehead atoms. The van der Waals surface area contributed by atoms with E-state index < -0.39 is 24.1 Å². The Morgan fingerprint density at radius 1 is 1.80 bits per heavy atom. The number of azide groups is 1. The molecule has 10 nitrogen and oxygen atoms in total. The molecule has 1 aromatic heterocycles. The molecule has 1 aromatic rings. The summed E-state index contributed by atoms with van der Waals surface area (Å²) in [5.74, 6) is 0.275. The van der Waals surface area contributed by atoms with Gasteiger partial charge < -0.3 is 9.84 Å². The second-order valence-electron chi connectivity index (χ2n) is 4.13. The molecule has 0 aliphatic carbocycles. The van der Waals surface area contributed by atoms with E-state index in [9.17, 15) is 9.90 Å². The lowest BCUT2D eigenvalue weighted by Gasteiger charge is -2.14. The van der Waals surface area contributed by atoms with E-state index in [1.807, 2.05) is 0 Å². The number of aromatic nitrogens is 2. The lowest BCUT2D eigenvalue weighted by Crippen LogP contribution is -2.28. The molecule has 1 aliphatic rings. The molecule has 2 heterocycles. The second kappa shape index (κ2) is 6.35. The summed E-state index contributed by atoms with van der Waals surface area (Å²) >= 11 is 0. The maximum absolute atomic E-state index is 11.9. The number of aliphatic hydroxyl groups is 1. The van der Waals surface area contributed by atoms with Gasteiger partial charge in [0.1, 0.15) is 6.23 Å². The summed E-state index contributed by atoms with van der Waals surface area (Å²) < 4.78 is 6.77. The average Bonchev–Trinajstić information content (AvgIpc) is 2.82. The van der Waals surface area contributed by atoms with Crippen LogP contribution in [0.1, 0.15) is 12.6 Å². The van der Waals surface area contributed by atoms with Crippen molar-refractivity contribution in [2.45, 2.75) is 24.8 Å². The van der Waals surface area contributed by atoms with Gasteiger partial charge in [0.25, 0.3) is 0 Å². The van der Waals surface area contributed by atoms with Gasteiger partial charge in [-0.25, -0.2) is 10.3 Å². The van der Waals surface area contributed by atoms with E-state index >= 15 is 0 Å². The Morgan fingerprint density at radius 3 is 3.20 bits per heavy atom. The smallest absolute Gasteiger partial charge is 0.351 e. The Kier molecular flexibility index (Phi) is 4.53. The largest absolute Gasteiger partial charge is 0.394 e. The van der Waals surface area contributed by atoms with Crippen LogP contribution in [0.5, 0.6) is 0 Å². The van der Waals surface area contributed by atoms with Gasteiger partial charge in [-0.1, -0.05) is 5.11 Å². The molecule has 0 amide bonds. The summed E-state index contributed by atoms with van der Waals surface area (Å²) in [6.45, 7) is -0.286. The van der Waals surface area contributed by atoms with Crippen molar-refractivity contribution in [2.75, 3.05) is 19.2 Å². The van der Waals surface area contributed by atoms with Gasteiger partial charge in [0.15, 0.2) is 5.82 Å². The summed E-state index contributed by atoms with van der Waals surface area (Å²) in [4.78, 5) is 23.0. The van der Waals surface area contributed by atoms with Gasteiger partial charge in [0, 0.05) is 17.5 Å². The molecule has 1 aliphatic heterocycles. The van der Waals surface area contributed by atoms with E-state index in [4.69, 9.17) is 10.3 Å². The standard InChI is InChI=1S/C10H14N6O4/c1-19-14-8-2-3-16(10(18)12-8)9-4-6(13-15-11)7(5-17)20-9/h2-3,6-7,9,17H,4-5H2,1H3,(H,12,14,18)/t6-,7+,9+/m0/s1. The van der Waals surface area contributed by atoms with Crippen molar-refractivity contribution in [3.05, 3.63) is 33.2 Å². The molecule has 2 rings (SSSR count). The number of nitrogens with one attached hydrogen (secondary N) is 1. The van der Waals surface area contributed by atoms with Crippen molar-refractivity contribution < 1.29 is 14.7 Å². The van der Waals surface area contributed by atoms with E-state index in [1.54, 1.807) is 6.07 Å². The number of ether oxygens (including phenoxy) is 1. The van der Waals surface area contributed by atoms with Crippen LogP contribution in [0.2, 0.25) is 0 Å². The molecule has 1 saturated heterocycles. The van der Waals surface area contributed by atoms with Crippen molar-refractivity contribution >= 4 is 5.82 Å². The summed E-state index contributed by atoms with van der Waals surface area (Å²) in [5, 5.41) is 12.7. The highest BCUT2D eigenvalue weighted by Gasteiger charge is 2.35. The molecule has 0 saturated carbocycles. The van der Waals surface area contributed by atoms with Crippen LogP contribution in [0.4, 0.5) is 5.82 Å². The summed E-state index contributed by atoms with van der Waals surface area (Å²) in [7, 11) is 1.41. The molecule has 108 valence electrons. The normalized spacial score (nSPS) is 25.2. The zero-order chi connectivity index (χ0) is 14.5. The molecule has 10 heteroatoms. The van der Waals surface area contributed by atoms with Gasteiger partial charge in [-0.15, -0.1) is 0 Å². The average molecular weight is 282 g/mol. The fourth-order valence-electron chi connectivity index (χ4n) is 2.03. The van der Waals surface area contributed by atoms with E-state index in [0.29, 0.717) is 6.42 Å². The predicted octanol–water partition coefficient (Wildman–Crippen LogP) is 0.175. The molecule has 3 atom stereocenters. The van der Waals surface area contributed by atoms with Gasteiger partial charge in [-0.05, 0) is 11.6 Å². The zero-order valence-electron chi connectivity index (χ0n) is 10.7. The Morgan fingerprint density at radius 2 is 2.60 bits per heavy atom. The monoisotopic (exact) mass is 282 g/mol. The highest BCUT2D eigenvalue weighted by molar-refractivity contribution is 5.28. The first-order chi connectivity index (χ1) is 9.69. The number of hydrogen-bond donors (Lipinski definition) is 2. The first-order valence-corrected chi connectivity index (χ1v) is 5.88. The Labute approximate surface area is 113 Å². The van der Waals surface area contributed by atoms with Crippen LogP contribution >= 0.6 is 0 Å². The van der Waals surface area contributed by atoms with Crippen LogP contribution < -0.4 is 11.2 Å². The predicted molar refractivity (Wildman–Crippen MR) is 67.7 cm³/mol. The minimum Gasteiger partial charge on any atom is -0.394 e. The minimum absolute atomic E-state index is 0.275. The fourth-order valence-corrected chi connectivity index (χ4v) is 2.03. The Hall–Kier alpha value is -2.13. The SMILES string of the molecule is CONc1ccn([C@H]2C[C@H](N=[N+]=[N-])[C@@H](CO)O2)c(=O)n1. The number of anilines is 1. The molecule has 0 aromatic carbocycles. The lowest BCUT2D eigenvalue weighted by molar-refractivity contribution is -0.0270. The van der Waals surface area contributed by atoms with E-state index in [2.05, 4.69) is 25.3 Å². The van der Waals surface area contributed by atoms with Crippen molar-refractivity contribution in [3.8, 4) is 0 Å². The number of rotatable bonds is 5. The van der Waals surface area contributed by atoms with Crippen LogP contribution in [0.3, 0.4) is 0 Å². The second-order valence-corrected chi connectivity index (χ2v) is 4.13. The van der Waals surface area contributed by atoms with Gasteiger partial charge >= 0.3 is 5.69 Å². The summed E-state index contributed by atoms with van der Waals surface area (Å²) in [6.07, 6.45) is 0.543. The minimum atomic E-state index is -0.626. The molecular weight excluding hydrogens is 268 g/mol. The van der Waals surface area contributed by atoms with E-state index in [0.717, 1.165) is 0 Å².